The molecule has 2 aliphatic rings. The molecule has 2 rings (SSSR count). The summed E-state index contributed by atoms with van der Waals surface area (Å²) in [5.74, 6) is 0.952. The summed E-state index contributed by atoms with van der Waals surface area (Å²) in [6.07, 6.45) is 7.69. The summed E-state index contributed by atoms with van der Waals surface area (Å²) in [6, 6.07) is 0.767. The van der Waals surface area contributed by atoms with Gasteiger partial charge in [-0.25, -0.2) is 0 Å². The van der Waals surface area contributed by atoms with Gasteiger partial charge < -0.3 is 20.1 Å². The van der Waals surface area contributed by atoms with Crippen molar-refractivity contribution in [2.75, 3.05) is 60.2 Å². The van der Waals surface area contributed by atoms with Gasteiger partial charge in [0.25, 0.3) is 0 Å². The molecule has 0 unspecified atom stereocenters. The van der Waals surface area contributed by atoms with Gasteiger partial charge in [0, 0.05) is 59.6 Å². The van der Waals surface area contributed by atoms with Crippen LogP contribution in [-0.4, -0.2) is 77.1 Å². The molecular formula is C19H39IN4O2. The number of aliphatic imine (C=N–C) groups is 1. The standard InChI is InChI=1S/C19H38N4O2.HI/c1-4-20-18(22-16-19(8-5-9-19)10-14-24-2)21-11-12-23(13-15-25-3)17-6-7-17;/h17H,4-16H2,1-3H3,(H2,20,21,22);1H. The van der Waals surface area contributed by atoms with Crippen LogP contribution in [0, 0.1) is 5.41 Å². The third-order valence-electron chi connectivity index (χ3n) is 5.50. The van der Waals surface area contributed by atoms with Crippen LogP contribution in [0.4, 0.5) is 0 Å². The van der Waals surface area contributed by atoms with Gasteiger partial charge in [0.1, 0.15) is 0 Å². The molecule has 154 valence electrons. The molecule has 26 heavy (non-hydrogen) atoms. The number of rotatable bonds is 13. The molecule has 0 bridgehead atoms. The molecule has 0 aromatic carbocycles. The molecule has 6 nitrogen and oxygen atoms in total. The minimum atomic E-state index is 0. The van der Waals surface area contributed by atoms with E-state index in [4.69, 9.17) is 14.5 Å². The van der Waals surface area contributed by atoms with E-state index < -0.39 is 0 Å². The van der Waals surface area contributed by atoms with Gasteiger partial charge in [-0.2, -0.15) is 0 Å². The van der Waals surface area contributed by atoms with Crippen LogP contribution in [-0.2, 0) is 9.47 Å². The van der Waals surface area contributed by atoms with Crippen LogP contribution in [0.2, 0.25) is 0 Å². The topological polar surface area (TPSA) is 58.1 Å². The van der Waals surface area contributed by atoms with Crippen molar-refractivity contribution in [3.63, 3.8) is 0 Å². The lowest BCUT2D eigenvalue weighted by molar-refractivity contribution is 0.0778. The summed E-state index contributed by atoms with van der Waals surface area (Å²) < 4.78 is 10.5. The highest BCUT2D eigenvalue weighted by molar-refractivity contribution is 14.0. The molecule has 2 N–H and O–H groups in total. The first-order valence-corrected chi connectivity index (χ1v) is 9.97. The van der Waals surface area contributed by atoms with Gasteiger partial charge in [0.05, 0.1) is 6.61 Å². The number of nitrogens with one attached hydrogen (secondary N) is 2. The fourth-order valence-electron chi connectivity index (χ4n) is 3.51. The summed E-state index contributed by atoms with van der Waals surface area (Å²) in [5, 5.41) is 6.90. The van der Waals surface area contributed by atoms with Crippen molar-refractivity contribution in [3.05, 3.63) is 0 Å². The van der Waals surface area contributed by atoms with Crippen LogP contribution in [0.1, 0.15) is 45.4 Å². The molecule has 0 aliphatic heterocycles. The van der Waals surface area contributed by atoms with Crippen molar-refractivity contribution >= 4 is 29.9 Å². The maximum atomic E-state index is 5.28. The van der Waals surface area contributed by atoms with E-state index in [1.165, 1.54) is 32.1 Å². The fraction of sp³-hybridized carbons (Fsp3) is 0.947. The number of ether oxygens (including phenoxy) is 2. The number of nitrogens with zero attached hydrogens (tertiary/aromatic N) is 2. The molecule has 2 fully saturated rings. The molecule has 0 amide bonds. The molecule has 0 radical (unpaired) electrons. The SMILES string of the molecule is CCNC(=NCC1(CCOC)CCC1)NCCN(CCOC)C1CC1.I. The maximum absolute atomic E-state index is 5.28. The Morgan fingerprint density at radius 3 is 2.38 bits per heavy atom. The van der Waals surface area contributed by atoms with Gasteiger partial charge in [0.15, 0.2) is 5.96 Å². The van der Waals surface area contributed by atoms with Crippen molar-refractivity contribution < 1.29 is 9.47 Å². The Morgan fingerprint density at radius 2 is 1.85 bits per heavy atom. The first-order valence-electron chi connectivity index (χ1n) is 9.97. The Kier molecular flexibility index (Phi) is 12.1. The lowest BCUT2D eigenvalue weighted by Gasteiger charge is -2.40. The number of hydrogen-bond donors (Lipinski definition) is 2. The van der Waals surface area contributed by atoms with Crippen LogP contribution in [0.25, 0.3) is 0 Å². The summed E-state index contributed by atoms with van der Waals surface area (Å²) in [4.78, 5) is 7.41. The molecule has 2 aliphatic carbocycles. The summed E-state index contributed by atoms with van der Waals surface area (Å²) in [5.41, 5.74) is 0.372. The minimum Gasteiger partial charge on any atom is -0.385 e. The molecule has 7 heteroatoms. The highest BCUT2D eigenvalue weighted by atomic mass is 127. The van der Waals surface area contributed by atoms with Gasteiger partial charge in [0.2, 0.25) is 0 Å². The molecule has 0 spiro atoms. The number of halogens is 1. The normalized spacial score (nSPS) is 19.0. The van der Waals surface area contributed by atoms with E-state index in [0.29, 0.717) is 5.41 Å². The van der Waals surface area contributed by atoms with E-state index in [0.717, 1.165) is 64.4 Å². The first-order chi connectivity index (χ1) is 12.2. The first kappa shape index (κ1) is 23.9. The summed E-state index contributed by atoms with van der Waals surface area (Å²) in [6.45, 7) is 8.58. The van der Waals surface area contributed by atoms with E-state index >= 15 is 0 Å². The van der Waals surface area contributed by atoms with Gasteiger partial charge in [-0.1, -0.05) is 6.42 Å². The third kappa shape index (κ3) is 8.27. The second-order valence-electron chi connectivity index (χ2n) is 7.48. The quantitative estimate of drug-likeness (QED) is 0.240. The van der Waals surface area contributed by atoms with Crippen LogP contribution in [0.3, 0.4) is 0 Å². The summed E-state index contributed by atoms with van der Waals surface area (Å²) >= 11 is 0. The molecule has 0 atom stereocenters. The minimum absolute atomic E-state index is 0. The van der Waals surface area contributed by atoms with Crippen molar-refractivity contribution in [2.45, 2.75) is 51.5 Å². The second-order valence-corrected chi connectivity index (χ2v) is 7.48. The zero-order valence-corrected chi connectivity index (χ0v) is 19.2. The van der Waals surface area contributed by atoms with Crippen molar-refractivity contribution in [1.82, 2.24) is 15.5 Å². The number of hydrogen-bond acceptors (Lipinski definition) is 4. The molecule has 0 aromatic heterocycles. The molecule has 0 heterocycles. The Bertz CT molecular complexity index is 401. The Labute approximate surface area is 176 Å². The van der Waals surface area contributed by atoms with Crippen LogP contribution in [0.15, 0.2) is 4.99 Å². The lowest BCUT2D eigenvalue weighted by atomic mass is 9.67. The van der Waals surface area contributed by atoms with Gasteiger partial charge in [-0.05, 0) is 44.4 Å². The Morgan fingerprint density at radius 1 is 1.12 bits per heavy atom. The van der Waals surface area contributed by atoms with E-state index in [1.54, 1.807) is 14.2 Å². The van der Waals surface area contributed by atoms with E-state index in [2.05, 4.69) is 22.5 Å². The van der Waals surface area contributed by atoms with Crippen LogP contribution in [0.5, 0.6) is 0 Å². The highest BCUT2D eigenvalue weighted by Gasteiger charge is 2.36. The monoisotopic (exact) mass is 482 g/mol. The van der Waals surface area contributed by atoms with Crippen molar-refractivity contribution in [1.29, 1.82) is 0 Å². The molecule has 2 saturated carbocycles. The zero-order chi connectivity index (χ0) is 18.0. The lowest BCUT2D eigenvalue weighted by Crippen LogP contribution is -2.44. The fourth-order valence-corrected chi connectivity index (χ4v) is 3.51. The van der Waals surface area contributed by atoms with E-state index in [-0.39, 0.29) is 24.0 Å². The van der Waals surface area contributed by atoms with E-state index in [1.807, 2.05) is 0 Å². The highest BCUT2D eigenvalue weighted by Crippen LogP contribution is 2.44. The average Bonchev–Trinajstić information content (AvgIpc) is 3.41. The largest absolute Gasteiger partial charge is 0.385 e. The van der Waals surface area contributed by atoms with Crippen molar-refractivity contribution in [3.8, 4) is 0 Å². The van der Waals surface area contributed by atoms with Crippen LogP contribution >= 0.6 is 24.0 Å². The number of methoxy groups -OCH3 is 2. The maximum Gasteiger partial charge on any atom is 0.191 e. The predicted octanol–water partition coefficient (Wildman–Crippen LogP) is 2.48. The Balaban J connectivity index is 0.00000338. The number of guanidine groups is 1. The average molecular weight is 482 g/mol. The van der Waals surface area contributed by atoms with E-state index in [9.17, 15) is 0 Å². The van der Waals surface area contributed by atoms with Gasteiger partial charge >= 0.3 is 0 Å². The Hall–Kier alpha value is -0.120. The van der Waals surface area contributed by atoms with Crippen molar-refractivity contribution in [2.24, 2.45) is 10.4 Å². The summed E-state index contributed by atoms with van der Waals surface area (Å²) in [7, 11) is 3.57. The predicted molar refractivity (Wildman–Crippen MR) is 119 cm³/mol. The second kappa shape index (κ2) is 13.1. The molecular weight excluding hydrogens is 443 g/mol. The third-order valence-corrected chi connectivity index (χ3v) is 5.50. The molecule has 0 aromatic rings. The molecule has 0 saturated heterocycles. The van der Waals surface area contributed by atoms with Gasteiger partial charge in [-0.15, -0.1) is 24.0 Å². The van der Waals surface area contributed by atoms with Crippen LogP contribution < -0.4 is 10.6 Å². The van der Waals surface area contributed by atoms with Gasteiger partial charge in [-0.3, -0.25) is 9.89 Å². The smallest absolute Gasteiger partial charge is 0.191 e. The zero-order valence-electron chi connectivity index (χ0n) is 16.9.